The van der Waals surface area contributed by atoms with Gasteiger partial charge in [-0.05, 0) is 6.42 Å². The lowest BCUT2D eigenvalue weighted by atomic mass is 9.98. The third kappa shape index (κ3) is 1.97. The van der Waals surface area contributed by atoms with Crippen LogP contribution in [-0.4, -0.2) is 33.7 Å². The lowest BCUT2D eigenvalue weighted by Gasteiger charge is -2.09. The number of rotatable bonds is 3. The van der Waals surface area contributed by atoms with Crippen LogP contribution < -0.4 is 16.7 Å². The predicted octanol–water partition coefficient (Wildman–Crippen LogP) is -1.73. The van der Waals surface area contributed by atoms with Crippen LogP contribution in [0.5, 0.6) is 0 Å². The molecule has 2 rings (SSSR count). The summed E-state index contributed by atoms with van der Waals surface area (Å²) in [6.45, 7) is 0.0928. The van der Waals surface area contributed by atoms with Crippen molar-refractivity contribution >= 4 is 24.3 Å². The van der Waals surface area contributed by atoms with Gasteiger partial charge in [0.2, 0.25) is 0 Å². The first-order valence-corrected chi connectivity index (χ1v) is 5.52. The summed E-state index contributed by atoms with van der Waals surface area (Å²) in [6, 6.07) is 1.50. The molecule has 0 spiro atoms. The van der Waals surface area contributed by atoms with Crippen LogP contribution in [-0.2, 0) is 13.6 Å². The van der Waals surface area contributed by atoms with Gasteiger partial charge in [0.15, 0.2) is 0 Å². The molecule has 0 aliphatic heterocycles. The molecule has 0 aromatic carbocycles. The van der Waals surface area contributed by atoms with Crippen molar-refractivity contribution in [1.82, 2.24) is 14.1 Å². The Morgan fingerprint density at radius 2 is 2.17 bits per heavy atom. The van der Waals surface area contributed by atoms with Gasteiger partial charge in [-0.25, -0.2) is 9.78 Å². The summed E-state index contributed by atoms with van der Waals surface area (Å²) in [5.74, 6) is 0. The van der Waals surface area contributed by atoms with E-state index in [0.29, 0.717) is 22.9 Å². The molecule has 0 saturated heterocycles. The number of aryl methyl sites for hydroxylation is 1. The molecule has 0 saturated carbocycles. The van der Waals surface area contributed by atoms with Gasteiger partial charge in [-0.3, -0.25) is 13.9 Å². The highest BCUT2D eigenvalue weighted by Gasteiger charge is 2.11. The summed E-state index contributed by atoms with van der Waals surface area (Å²) >= 11 is 0. The van der Waals surface area contributed by atoms with E-state index in [1.807, 2.05) is 0 Å². The van der Waals surface area contributed by atoms with E-state index in [1.54, 1.807) is 7.05 Å². The molecule has 1 N–H and O–H groups in total. The third-order valence-corrected chi connectivity index (χ3v) is 2.74. The molecule has 0 fully saturated rings. The monoisotopic (exact) mass is 245 g/mol. The maximum atomic E-state index is 12.1. The van der Waals surface area contributed by atoms with Crippen molar-refractivity contribution in [2.24, 2.45) is 7.05 Å². The first-order chi connectivity index (χ1) is 8.56. The van der Waals surface area contributed by atoms with Crippen molar-refractivity contribution in [2.75, 3.05) is 6.61 Å². The molecule has 2 radical (unpaired) electrons. The second kappa shape index (κ2) is 4.77. The maximum absolute atomic E-state index is 12.1. The molecule has 0 aliphatic carbocycles. The van der Waals surface area contributed by atoms with Gasteiger partial charge in [-0.1, -0.05) is 11.5 Å². The van der Waals surface area contributed by atoms with Gasteiger partial charge < -0.3 is 5.11 Å². The minimum absolute atomic E-state index is 0.0805. The van der Waals surface area contributed by atoms with Gasteiger partial charge in [-0.15, -0.1) is 0 Å². The number of hydrogen-bond acceptors (Lipinski definition) is 4. The smallest absolute Gasteiger partial charge is 0.332 e. The van der Waals surface area contributed by atoms with Crippen molar-refractivity contribution < 1.29 is 5.11 Å². The molecule has 6 nitrogen and oxygen atoms in total. The van der Waals surface area contributed by atoms with Crippen molar-refractivity contribution in [3.8, 4) is 0 Å². The van der Waals surface area contributed by atoms with E-state index < -0.39 is 11.2 Å². The van der Waals surface area contributed by atoms with Crippen LogP contribution in [0.2, 0.25) is 0 Å². The molecule has 2 aromatic rings. The van der Waals surface area contributed by atoms with E-state index in [9.17, 15) is 9.59 Å². The van der Waals surface area contributed by atoms with Crippen LogP contribution in [0.15, 0.2) is 21.9 Å². The molecule has 0 atom stereocenters. The molecule has 92 valence electrons. The molecular weight excluding hydrogens is 233 g/mol. The molecule has 0 unspecified atom stereocenters. The number of hydrogen-bond donors (Lipinski definition) is 1. The van der Waals surface area contributed by atoms with Crippen molar-refractivity contribution in [3.63, 3.8) is 0 Å². The van der Waals surface area contributed by atoms with Gasteiger partial charge in [-0.2, -0.15) is 0 Å². The Kier molecular flexibility index (Phi) is 3.33. The normalized spacial score (nSPS) is 11.0. The zero-order chi connectivity index (χ0) is 13.3. The second-order valence-electron chi connectivity index (χ2n) is 4.02. The van der Waals surface area contributed by atoms with Gasteiger partial charge in [0.1, 0.15) is 13.5 Å². The van der Waals surface area contributed by atoms with Gasteiger partial charge >= 0.3 is 5.69 Å². The maximum Gasteiger partial charge on any atom is 0.332 e. The first kappa shape index (κ1) is 12.6. The van der Waals surface area contributed by atoms with Crippen molar-refractivity contribution in [1.29, 1.82) is 0 Å². The van der Waals surface area contributed by atoms with Crippen LogP contribution in [0.25, 0.3) is 11.0 Å². The summed E-state index contributed by atoms with van der Waals surface area (Å²) in [7, 11) is 7.14. The number of aliphatic hydroxyl groups excluding tert-OH is 1. The fourth-order valence-electron chi connectivity index (χ4n) is 1.83. The molecular formula is C11H12BN3O3. The third-order valence-electron chi connectivity index (χ3n) is 2.74. The predicted molar refractivity (Wildman–Crippen MR) is 68.3 cm³/mol. The lowest BCUT2D eigenvalue weighted by molar-refractivity contribution is 0.277. The number of nitrogens with zero attached hydrogens (tertiary/aromatic N) is 3. The zero-order valence-corrected chi connectivity index (χ0v) is 9.96. The van der Waals surface area contributed by atoms with E-state index in [4.69, 9.17) is 13.0 Å². The molecule has 0 aliphatic rings. The number of pyridine rings is 1. The largest absolute Gasteiger partial charge is 0.396 e. The Balaban J connectivity index is 2.80. The highest BCUT2D eigenvalue weighted by Crippen LogP contribution is 2.00. The average molecular weight is 245 g/mol. The highest BCUT2D eigenvalue weighted by molar-refractivity contribution is 6.32. The molecule has 2 aromatic heterocycles. The molecule has 7 heteroatoms. The molecule has 0 amide bonds. The van der Waals surface area contributed by atoms with Crippen molar-refractivity contribution in [3.05, 3.63) is 33.1 Å². The summed E-state index contributed by atoms with van der Waals surface area (Å²) in [6.07, 6.45) is 1.75. The van der Waals surface area contributed by atoms with Crippen LogP contribution in [0.4, 0.5) is 0 Å². The highest BCUT2D eigenvalue weighted by atomic mass is 16.3. The van der Waals surface area contributed by atoms with E-state index >= 15 is 0 Å². The van der Waals surface area contributed by atoms with E-state index in [1.165, 1.54) is 16.8 Å². The number of fused-ring (bicyclic) bond motifs is 1. The Labute approximate surface area is 104 Å². The number of aromatic nitrogens is 3. The van der Waals surface area contributed by atoms with Gasteiger partial charge in [0, 0.05) is 26.4 Å². The second-order valence-corrected chi connectivity index (χ2v) is 4.02. The van der Waals surface area contributed by atoms with E-state index in [0.717, 1.165) is 4.57 Å². The molecule has 18 heavy (non-hydrogen) atoms. The van der Waals surface area contributed by atoms with Crippen molar-refractivity contribution in [2.45, 2.75) is 13.0 Å². The molecule has 2 heterocycles. The fraction of sp³-hybridized carbons (Fsp3) is 0.364. The SMILES string of the molecule is [B]c1cnc2c(c1)c(=O)n(CCCO)c(=O)n2C. The zero-order valence-electron chi connectivity index (χ0n) is 9.96. The number of aliphatic hydroxyl groups is 1. The Bertz CT molecular complexity index is 705. The summed E-state index contributed by atoms with van der Waals surface area (Å²) < 4.78 is 2.38. The summed E-state index contributed by atoms with van der Waals surface area (Å²) in [5.41, 5.74) is -0.203. The minimum atomic E-state index is -0.446. The Hall–Kier alpha value is -1.89. The average Bonchev–Trinajstić information content (AvgIpc) is 2.36. The van der Waals surface area contributed by atoms with E-state index in [-0.39, 0.29) is 13.2 Å². The van der Waals surface area contributed by atoms with Crippen LogP contribution in [0.3, 0.4) is 0 Å². The Morgan fingerprint density at radius 1 is 1.44 bits per heavy atom. The Morgan fingerprint density at radius 3 is 2.83 bits per heavy atom. The minimum Gasteiger partial charge on any atom is -0.396 e. The topological polar surface area (TPSA) is 77.1 Å². The van der Waals surface area contributed by atoms with Gasteiger partial charge in [0.25, 0.3) is 5.56 Å². The van der Waals surface area contributed by atoms with Crippen LogP contribution in [0, 0.1) is 0 Å². The standard InChI is InChI=1S/C11H12BN3O3/c1-14-9-8(5-7(12)6-13-9)10(17)15(11(14)18)3-2-4-16/h5-6,16H,2-4H2,1H3. The van der Waals surface area contributed by atoms with Crippen LogP contribution in [0.1, 0.15) is 6.42 Å². The lowest BCUT2D eigenvalue weighted by Crippen LogP contribution is -2.40. The quantitative estimate of drug-likeness (QED) is 0.652. The van der Waals surface area contributed by atoms with E-state index in [2.05, 4.69) is 4.98 Å². The molecule has 0 bridgehead atoms. The fourth-order valence-corrected chi connectivity index (χ4v) is 1.83. The first-order valence-electron chi connectivity index (χ1n) is 5.52. The summed E-state index contributed by atoms with van der Waals surface area (Å²) in [4.78, 5) is 28.1. The van der Waals surface area contributed by atoms with Gasteiger partial charge in [0.05, 0.1) is 5.39 Å². The summed E-state index contributed by atoms with van der Waals surface area (Å²) in [5, 5.41) is 9.08. The van der Waals surface area contributed by atoms with Crippen LogP contribution >= 0.6 is 0 Å².